The van der Waals surface area contributed by atoms with Crippen molar-refractivity contribution in [1.82, 2.24) is 0 Å². The first kappa shape index (κ1) is 12.0. The molecule has 0 aromatic heterocycles. The van der Waals surface area contributed by atoms with Gasteiger partial charge < -0.3 is 0 Å². The highest BCUT2D eigenvalue weighted by atomic mass is 79.9. The largest absolute Gasteiger partial charge is 0.0916 e. The van der Waals surface area contributed by atoms with Crippen LogP contribution in [0.15, 0.2) is 0 Å². The summed E-state index contributed by atoms with van der Waals surface area (Å²) in [5.41, 5.74) is 0. The molecule has 0 spiro atoms. The molecule has 0 aromatic rings. The van der Waals surface area contributed by atoms with E-state index >= 15 is 0 Å². The average molecular weight is 428 g/mol. The first-order valence-corrected chi connectivity index (χ1v) is 8.00. The molecule has 0 heterocycles. The standard InChI is InChI=1S/C8H12Br4/c9-4-8(12)5-1-2-6(10)7(11)3-5/h5-8H,1-4H2/t5-,6+,7-,8+/m1/s1. The van der Waals surface area contributed by atoms with E-state index in [0.717, 1.165) is 11.2 Å². The molecule has 0 bridgehead atoms. The molecule has 0 radical (unpaired) electrons. The Morgan fingerprint density at radius 1 is 1.17 bits per heavy atom. The van der Waals surface area contributed by atoms with E-state index in [0.29, 0.717) is 14.5 Å². The Balaban J connectivity index is 2.39. The van der Waals surface area contributed by atoms with E-state index in [2.05, 4.69) is 63.7 Å². The van der Waals surface area contributed by atoms with Crippen LogP contribution in [0.2, 0.25) is 0 Å². The lowest BCUT2D eigenvalue weighted by Gasteiger charge is -2.32. The number of rotatable bonds is 2. The highest BCUT2D eigenvalue weighted by Gasteiger charge is 2.30. The molecule has 0 aromatic carbocycles. The topological polar surface area (TPSA) is 0 Å². The van der Waals surface area contributed by atoms with Crippen LogP contribution in [0.1, 0.15) is 19.3 Å². The van der Waals surface area contributed by atoms with E-state index in [9.17, 15) is 0 Å². The second kappa shape index (κ2) is 5.72. The average Bonchev–Trinajstić information content (AvgIpc) is 2.08. The summed E-state index contributed by atoms with van der Waals surface area (Å²) in [6, 6.07) is 0. The van der Waals surface area contributed by atoms with Gasteiger partial charge in [-0.3, -0.25) is 0 Å². The number of hydrogen-bond acceptors (Lipinski definition) is 0. The molecular weight excluding hydrogens is 416 g/mol. The van der Waals surface area contributed by atoms with Gasteiger partial charge in [-0.1, -0.05) is 63.7 Å². The van der Waals surface area contributed by atoms with E-state index in [1.54, 1.807) is 0 Å². The summed E-state index contributed by atoms with van der Waals surface area (Å²) < 4.78 is 0. The second-order valence-corrected chi connectivity index (χ2v) is 7.45. The quantitative estimate of drug-likeness (QED) is 0.570. The van der Waals surface area contributed by atoms with E-state index in [-0.39, 0.29) is 0 Å². The predicted molar refractivity (Wildman–Crippen MR) is 69.3 cm³/mol. The van der Waals surface area contributed by atoms with E-state index in [1.807, 2.05) is 0 Å². The lowest BCUT2D eigenvalue weighted by molar-refractivity contribution is 0.383. The van der Waals surface area contributed by atoms with Crippen molar-refractivity contribution in [3.8, 4) is 0 Å². The summed E-state index contributed by atoms with van der Waals surface area (Å²) in [6.45, 7) is 0. The minimum atomic E-state index is 0.637. The molecule has 0 nitrogen and oxygen atoms in total. The van der Waals surface area contributed by atoms with Gasteiger partial charge in [-0.05, 0) is 25.2 Å². The van der Waals surface area contributed by atoms with Crippen LogP contribution in [-0.2, 0) is 0 Å². The summed E-state index contributed by atoms with van der Waals surface area (Å²) in [5, 5.41) is 1.06. The van der Waals surface area contributed by atoms with Crippen molar-refractivity contribution in [1.29, 1.82) is 0 Å². The van der Waals surface area contributed by atoms with E-state index in [1.165, 1.54) is 19.3 Å². The van der Waals surface area contributed by atoms with Crippen LogP contribution in [0.25, 0.3) is 0 Å². The molecule has 0 unspecified atom stereocenters. The normalized spacial score (nSPS) is 39.5. The monoisotopic (exact) mass is 424 g/mol. The first-order chi connectivity index (χ1) is 5.65. The maximum Gasteiger partial charge on any atom is 0.0274 e. The molecule has 1 aliphatic rings. The van der Waals surface area contributed by atoms with Crippen molar-refractivity contribution in [2.75, 3.05) is 5.33 Å². The smallest absolute Gasteiger partial charge is 0.0274 e. The summed E-state index contributed by atoms with van der Waals surface area (Å²) in [4.78, 5) is 1.96. The Kier molecular flexibility index (Phi) is 5.71. The highest BCUT2D eigenvalue weighted by molar-refractivity contribution is 9.12. The maximum absolute atomic E-state index is 3.71. The molecule has 4 heteroatoms. The van der Waals surface area contributed by atoms with E-state index < -0.39 is 0 Å². The first-order valence-electron chi connectivity index (χ1n) is 4.13. The molecule has 4 atom stereocenters. The van der Waals surface area contributed by atoms with Gasteiger partial charge in [0.2, 0.25) is 0 Å². The molecule has 0 amide bonds. The molecule has 1 aliphatic carbocycles. The van der Waals surface area contributed by atoms with Gasteiger partial charge in [-0.2, -0.15) is 0 Å². The summed E-state index contributed by atoms with van der Waals surface area (Å²) in [6.07, 6.45) is 3.90. The molecule has 0 saturated heterocycles. The van der Waals surface area contributed by atoms with Gasteiger partial charge in [-0.25, -0.2) is 0 Å². The van der Waals surface area contributed by atoms with Crippen molar-refractivity contribution >= 4 is 63.7 Å². The fourth-order valence-electron chi connectivity index (χ4n) is 1.56. The van der Waals surface area contributed by atoms with Gasteiger partial charge >= 0.3 is 0 Å². The number of halogens is 4. The van der Waals surface area contributed by atoms with Crippen LogP contribution >= 0.6 is 63.7 Å². The molecule has 1 rings (SSSR count). The molecule has 0 aliphatic heterocycles. The molecule has 12 heavy (non-hydrogen) atoms. The van der Waals surface area contributed by atoms with Gasteiger partial charge in [0.25, 0.3) is 0 Å². The third kappa shape index (κ3) is 3.25. The van der Waals surface area contributed by atoms with Gasteiger partial charge in [0.1, 0.15) is 0 Å². The van der Waals surface area contributed by atoms with Crippen LogP contribution in [0.5, 0.6) is 0 Å². The van der Waals surface area contributed by atoms with Crippen LogP contribution < -0.4 is 0 Å². The Morgan fingerprint density at radius 3 is 2.33 bits per heavy atom. The Bertz CT molecular complexity index is 139. The van der Waals surface area contributed by atoms with Crippen molar-refractivity contribution in [2.24, 2.45) is 5.92 Å². The number of hydrogen-bond donors (Lipinski definition) is 0. The maximum atomic E-state index is 3.71. The van der Waals surface area contributed by atoms with Gasteiger partial charge in [0.05, 0.1) is 0 Å². The molecule has 1 fully saturated rings. The molecule has 0 N–H and O–H groups in total. The zero-order valence-electron chi connectivity index (χ0n) is 6.65. The lowest BCUT2D eigenvalue weighted by atomic mass is 9.87. The van der Waals surface area contributed by atoms with Crippen molar-refractivity contribution in [3.05, 3.63) is 0 Å². The second-order valence-electron chi connectivity index (χ2n) is 3.28. The Labute approximate surface area is 108 Å². The van der Waals surface area contributed by atoms with Gasteiger partial charge in [0.15, 0.2) is 0 Å². The van der Waals surface area contributed by atoms with Crippen molar-refractivity contribution in [2.45, 2.75) is 33.7 Å². The fourth-order valence-corrected chi connectivity index (χ4v) is 3.80. The zero-order chi connectivity index (χ0) is 9.14. The minimum absolute atomic E-state index is 0.637. The fraction of sp³-hybridized carbons (Fsp3) is 1.00. The third-order valence-corrected chi connectivity index (χ3v) is 7.85. The van der Waals surface area contributed by atoms with Crippen LogP contribution in [0.4, 0.5) is 0 Å². The Morgan fingerprint density at radius 2 is 1.83 bits per heavy atom. The number of alkyl halides is 4. The third-order valence-electron chi connectivity index (χ3n) is 2.39. The predicted octanol–water partition coefficient (Wildman–Crippen LogP) is 4.47. The molecule has 72 valence electrons. The summed E-state index contributed by atoms with van der Waals surface area (Å²) in [5.74, 6) is 0.822. The molecule has 1 saturated carbocycles. The minimum Gasteiger partial charge on any atom is -0.0916 e. The Hall–Kier alpha value is 1.92. The van der Waals surface area contributed by atoms with Crippen LogP contribution in [0.3, 0.4) is 0 Å². The highest BCUT2D eigenvalue weighted by Crippen LogP contribution is 2.37. The summed E-state index contributed by atoms with van der Waals surface area (Å²) >= 11 is 14.6. The van der Waals surface area contributed by atoms with Crippen molar-refractivity contribution < 1.29 is 0 Å². The van der Waals surface area contributed by atoms with Crippen LogP contribution in [0, 0.1) is 5.92 Å². The van der Waals surface area contributed by atoms with Crippen molar-refractivity contribution in [3.63, 3.8) is 0 Å². The van der Waals surface area contributed by atoms with Gasteiger partial charge in [-0.15, -0.1) is 0 Å². The van der Waals surface area contributed by atoms with Crippen LogP contribution in [-0.4, -0.2) is 19.8 Å². The summed E-state index contributed by atoms with van der Waals surface area (Å²) in [7, 11) is 0. The molecular formula is C8H12Br4. The SMILES string of the molecule is BrC[C@H](Br)[C@@H]1CC[C@H](Br)[C@H](Br)C1. The zero-order valence-corrected chi connectivity index (χ0v) is 13.0. The van der Waals surface area contributed by atoms with Gasteiger partial charge in [0, 0.05) is 19.8 Å². The lowest BCUT2D eigenvalue weighted by Crippen LogP contribution is -2.30. The van der Waals surface area contributed by atoms with E-state index in [4.69, 9.17) is 0 Å².